The fraction of sp³-hybridized carbons (Fsp3) is 0.500. The maximum Gasteiger partial charge on any atom is 0.191 e. The predicted octanol–water partition coefficient (Wildman–Crippen LogP) is 2.00. The molecule has 3 rings (SSSR count). The van der Waals surface area contributed by atoms with Gasteiger partial charge in [-0.2, -0.15) is 5.10 Å². The van der Waals surface area contributed by atoms with E-state index in [4.69, 9.17) is 4.74 Å². The Labute approximate surface area is 183 Å². The van der Waals surface area contributed by atoms with Gasteiger partial charge in [-0.05, 0) is 30.0 Å². The van der Waals surface area contributed by atoms with Crippen LogP contribution in [0.15, 0.2) is 47.7 Å². The monoisotopic (exact) mass is 499 g/mol. The number of aliphatic imine (C=N–C) groups is 1. The Balaban J connectivity index is 0.00000280. The standard InChI is InChI=1S/C20H29N5O2.HI/c1-21-19(23-15-20(6-10-26)7-11-27-16-20)22-13-17-4-2-5-18(12-17)14-25-9-3-8-24-25;/h2-5,8-9,12,26H,6-7,10-11,13-16H2,1H3,(H2,21,22,23);1H. The summed E-state index contributed by atoms with van der Waals surface area (Å²) in [7, 11) is 1.77. The fourth-order valence-electron chi connectivity index (χ4n) is 3.41. The van der Waals surface area contributed by atoms with Crippen molar-refractivity contribution in [1.82, 2.24) is 20.4 Å². The van der Waals surface area contributed by atoms with Gasteiger partial charge in [0.1, 0.15) is 0 Å². The van der Waals surface area contributed by atoms with Crippen molar-refractivity contribution < 1.29 is 9.84 Å². The predicted molar refractivity (Wildman–Crippen MR) is 121 cm³/mol. The van der Waals surface area contributed by atoms with Crippen molar-refractivity contribution in [2.75, 3.05) is 33.4 Å². The molecule has 0 aliphatic carbocycles. The van der Waals surface area contributed by atoms with Gasteiger partial charge in [-0.1, -0.05) is 24.3 Å². The van der Waals surface area contributed by atoms with Gasteiger partial charge in [0.2, 0.25) is 0 Å². The summed E-state index contributed by atoms with van der Waals surface area (Å²) in [6.45, 7) is 3.82. The van der Waals surface area contributed by atoms with E-state index in [2.05, 4.69) is 45.0 Å². The molecule has 1 atom stereocenters. The van der Waals surface area contributed by atoms with E-state index in [1.54, 1.807) is 13.2 Å². The van der Waals surface area contributed by atoms with Crippen LogP contribution >= 0.6 is 24.0 Å². The van der Waals surface area contributed by atoms with Crippen molar-refractivity contribution in [3.63, 3.8) is 0 Å². The first-order valence-corrected chi connectivity index (χ1v) is 9.41. The topological polar surface area (TPSA) is 83.7 Å². The van der Waals surface area contributed by atoms with Crippen LogP contribution in [-0.2, 0) is 17.8 Å². The lowest BCUT2D eigenvalue weighted by Crippen LogP contribution is -2.44. The lowest BCUT2D eigenvalue weighted by Gasteiger charge is -2.27. The van der Waals surface area contributed by atoms with Gasteiger partial charge in [0.15, 0.2) is 5.96 Å². The first kappa shape index (κ1) is 22.6. The average Bonchev–Trinajstić information content (AvgIpc) is 3.35. The molecule has 1 fully saturated rings. The maximum absolute atomic E-state index is 9.35. The zero-order valence-corrected chi connectivity index (χ0v) is 18.6. The van der Waals surface area contributed by atoms with Crippen molar-refractivity contribution in [1.29, 1.82) is 0 Å². The number of guanidine groups is 1. The molecular weight excluding hydrogens is 469 g/mol. The zero-order valence-electron chi connectivity index (χ0n) is 16.3. The maximum atomic E-state index is 9.35. The van der Waals surface area contributed by atoms with E-state index >= 15 is 0 Å². The summed E-state index contributed by atoms with van der Waals surface area (Å²) in [5.41, 5.74) is 2.40. The Hall–Kier alpha value is -1.65. The van der Waals surface area contributed by atoms with Gasteiger partial charge in [-0.25, -0.2) is 0 Å². The smallest absolute Gasteiger partial charge is 0.191 e. The highest BCUT2D eigenvalue weighted by Gasteiger charge is 2.34. The molecule has 1 unspecified atom stereocenters. The Bertz CT molecular complexity index is 730. The summed E-state index contributed by atoms with van der Waals surface area (Å²) >= 11 is 0. The molecule has 7 nitrogen and oxygen atoms in total. The fourth-order valence-corrected chi connectivity index (χ4v) is 3.41. The molecule has 8 heteroatoms. The number of nitrogens with zero attached hydrogens (tertiary/aromatic N) is 3. The second-order valence-electron chi connectivity index (χ2n) is 7.08. The van der Waals surface area contributed by atoms with Gasteiger partial charge in [0.25, 0.3) is 0 Å². The number of aliphatic hydroxyl groups excluding tert-OH is 1. The molecule has 154 valence electrons. The molecule has 0 bridgehead atoms. The summed E-state index contributed by atoms with van der Waals surface area (Å²) in [5, 5.41) is 20.4. The molecule has 0 amide bonds. The molecule has 1 aromatic carbocycles. The number of halogens is 1. The Morgan fingerprint density at radius 1 is 1.32 bits per heavy atom. The first-order chi connectivity index (χ1) is 13.2. The van der Waals surface area contributed by atoms with Crippen molar-refractivity contribution in [3.8, 4) is 0 Å². The van der Waals surface area contributed by atoms with Crippen molar-refractivity contribution in [2.24, 2.45) is 10.4 Å². The minimum absolute atomic E-state index is 0. The molecule has 0 spiro atoms. The molecule has 28 heavy (non-hydrogen) atoms. The van der Waals surface area contributed by atoms with Crippen LogP contribution in [0.1, 0.15) is 24.0 Å². The summed E-state index contributed by atoms with van der Waals surface area (Å²) in [6.07, 6.45) is 5.46. The number of benzene rings is 1. The molecule has 3 N–H and O–H groups in total. The Morgan fingerprint density at radius 2 is 2.18 bits per heavy atom. The van der Waals surface area contributed by atoms with Crippen LogP contribution in [0.2, 0.25) is 0 Å². The number of hydrogen-bond donors (Lipinski definition) is 3. The van der Waals surface area contributed by atoms with Gasteiger partial charge in [0, 0.05) is 51.2 Å². The van der Waals surface area contributed by atoms with Crippen LogP contribution in [0.3, 0.4) is 0 Å². The summed E-state index contributed by atoms with van der Waals surface area (Å²) < 4.78 is 7.46. The molecule has 0 saturated carbocycles. The van der Waals surface area contributed by atoms with E-state index < -0.39 is 0 Å². The van der Waals surface area contributed by atoms with E-state index in [9.17, 15) is 5.11 Å². The van der Waals surface area contributed by atoms with Crippen molar-refractivity contribution >= 4 is 29.9 Å². The summed E-state index contributed by atoms with van der Waals surface area (Å²) in [4.78, 5) is 4.32. The highest BCUT2D eigenvalue weighted by molar-refractivity contribution is 14.0. The van der Waals surface area contributed by atoms with Crippen molar-refractivity contribution in [2.45, 2.75) is 25.9 Å². The number of ether oxygens (including phenoxy) is 1. The normalized spacial score (nSPS) is 19.3. The number of aliphatic hydroxyl groups is 1. The van der Waals surface area contributed by atoms with Gasteiger partial charge in [0.05, 0.1) is 13.2 Å². The van der Waals surface area contributed by atoms with Gasteiger partial charge >= 0.3 is 0 Å². The van der Waals surface area contributed by atoms with Crippen molar-refractivity contribution in [3.05, 3.63) is 53.9 Å². The third-order valence-corrected chi connectivity index (χ3v) is 5.04. The quantitative estimate of drug-likeness (QED) is 0.294. The van der Waals surface area contributed by atoms with Gasteiger partial charge in [-0.15, -0.1) is 24.0 Å². The minimum atomic E-state index is -0.00392. The number of aromatic nitrogens is 2. The highest BCUT2D eigenvalue weighted by atomic mass is 127. The lowest BCUT2D eigenvalue weighted by molar-refractivity contribution is 0.127. The highest BCUT2D eigenvalue weighted by Crippen LogP contribution is 2.31. The average molecular weight is 499 g/mol. The molecule has 2 aromatic rings. The third kappa shape index (κ3) is 6.46. The van der Waals surface area contributed by atoms with E-state index in [0.717, 1.165) is 38.5 Å². The number of hydrogen-bond acceptors (Lipinski definition) is 4. The largest absolute Gasteiger partial charge is 0.396 e. The van der Waals surface area contributed by atoms with Crippen LogP contribution in [-0.4, -0.2) is 54.3 Å². The second kappa shape index (κ2) is 11.4. The van der Waals surface area contributed by atoms with Crippen LogP contribution < -0.4 is 10.6 Å². The molecule has 1 aliphatic rings. The molecule has 2 heterocycles. The summed E-state index contributed by atoms with van der Waals surface area (Å²) in [5.74, 6) is 0.761. The van der Waals surface area contributed by atoms with Crippen LogP contribution in [0, 0.1) is 5.41 Å². The van der Waals surface area contributed by atoms with Crippen LogP contribution in [0.5, 0.6) is 0 Å². The molecule has 1 aromatic heterocycles. The Kier molecular flexibility index (Phi) is 9.20. The Morgan fingerprint density at radius 3 is 2.86 bits per heavy atom. The zero-order chi connectivity index (χ0) is 19.0. The molecule has 0 radical (unpaired) electrons. The SMILES string of the molecule is CN=C(NCc1cccc(Cn2cccn2)c1)NCC1(CCO)CCOC1.I. The van der Waals surface area contributed by atoms with E-state index in [-0.39, 0.29) is 36.0 Å². The van der Waals surface area contributed by atoms with E-state index in [1.165, 1.54) is 11.1 Å². The lowest BCUT2D eigenvalue weighted by atomic mass is 9.84. The van der Waals surface area contributed by atoms with E-state index in [0.29, 0.717) is 13.2 Å². The third-order valence-electron chi connectivity index (χ3n) is 5.04. The summed E-state index contributed by atoms with van der Waals surface area (Å²) in [6, 6.07) is 10.4. The number of nitrogens with one attached hydrogen (secondary N) is 2. The molecule has 1 saturated heterocycles. The van der Waals surface area contributed by atoms with E-state index in [1.807, 2.05) is 16.9 Å². The van der Waals surface area contributed by atoms with Gasteiger partial charge in [-0.3, -0.25) is 9.67 Å². The number of rotatable bonds is 8. The van der Waals surface area contributed by atoms with Crippen LogP contribution in [0.25, 0.3) is 0 Å². The molecule has 1 aliphatic heterocycles. The van der Waals surface area contributed by atoms with Gasteiger partial charge < -0.3 is 20.5 Å². The van der Waals surface area contributed by atoms with Crippen LogP contribution in [0.4, 0.5) is 0 Å². The minimum Gasteiger partial charge on any atom is -0.396 e. The molecular formula is C20H30IN5O2. The second-order valence-corrected chi connectivity index (χ2v) is 7.08. The first-order valence-electron chi connectivity index (χ1n) is 9.41.